The molecule has 0 unspecified atom stereocenters. The van der Waals surface area contributed by atoms with Gasteiger partial charge in [-0.3, -0.25) is 4.79 Å². The number of fused-ring (bicyclic) bond motifs is 1. The molecule has 0 fully saturated rings. The SMILES string of the molecule is CCCC(=O)Nc1cc2c(cc1N)OCCO2. The Hall–Kier alpha value is -1.91. The quantitative estimate of drug-likeness (QED) is 0.784. The number of amides is 1. The third kappa shape index (κ3) is 2.61. The van der Waals surface area contributed by atoms with E-state index in [0.29, 0.717) is 42.5 Å². The molecule has 1 aromatic rings. The van der Waals surface area contributed by atoms with Crippen LogP contribution in [0.3, 0.4) is 0 Å². The smallest absolute Gasteiger partial charge is 0.224 e. The molecule has 0 atom stereocenters. The predicted molar refractivity (Wildman–Crippen MR) is 65.4 cm³/mol. The first-order valence-electron chi connectivity index (χ1n) is 5.69. The number of rotatable bonds is 3. The maximum atomic E-state index is 11.5. The average Bonchev–Trinajstić information content (AvgIpc) is 2.30. The Morgan fingerprint density at radius 1 is 1.35 bits per heavy atom. The van der Waals surface area contributed by atoms with Crippen LogP contribution < -0.4 is 20.5 Å². The maximum absolute atomic E-state index is 11.5. The van der Waals surface area contributed by atoms with Gasteiger partial charge >= 0.3 is 0 Å². The van der Waals surface area contributed by atoms with E-state index < -0.39 is 0 Å². The molecular formula is C12H16N2O3. The number of nitrogen functional groups attached to an aromatic ring is 1. The van der Waals surface area contributed by atoms with Crippen molar-refractivity contribution in [2.24, 2.45) is 0 Å². The molecule has 5 nitrogen and oxygen atoms in total. The highest BCUT2D eigenvalue weighted by molar-refractivity contribution is 5.94. The molecule has 0 aromatic heterocycles. The van der Waals surface area contributed by atoms with E-state index in [1.165, 1.54) is 0 Å². The molecule has 1 aliphatic heterocycles. The van der Waals surface area contributed by atoms with Gasteiger partial charge in [0, 0.05) is 18.6 Å². The maximum Gasteiger partial charge on any atom is 0.224 e. The first-order valence-corrected chi connectivity index (χ1v) is 5.69. The second-order valence-corrected chi connectivity index (χ2v) is 3.88. The minimum atomic E-state index is -0.0455. The van der Waals surface area contributed by atoms with Crippen molar-refractivity contribution in [2.45, 2.75) is 19.8 Å². The number of hydrogen-bond donors (Lipinski definition) is 2. The van der Waals surface area contributed by atoms with Gasteiger partial charge in [-0.2, -0.15) is 0 Å². The van der Waals surface area contributed by atoms with E-state index in [-0.39, 0.29) is 5.91 Å². The van der Waals surface area contributed by atoms with Gasteiger partial charge in [-0.15, -0.1) is 0 Å². The summed E-state index contributed by atoms with van der Waals surface area (Å²) in [6.45, 7) is 2.99. The molecule has 17 heavy (non-hydrogen) atoms. The molecule has 2 rings (SSSR count). The lowest BCUT2D eigenvalue weighted by molar-refractivity contribution is -0.116. The highest BCUT2D eigenvalue weighted by atomic mass is 16.6. The number of benzene rings is 1. The molecule has 0 saturated carbocycles. The third-order valence-corrected chi connectivity index (χ3v) is 2.47. The number of anilines is 2. The van der Waals surface area contributed by atoms with Crippen molar-refractivity contribution in [3.8, 4) is 11.5 Å². The van der Waals surface area contributed by atoms with Crippen LogP contribution in [0.25, 0.3) is 0 Å². The zero-order chi connectivity index (χ0) is 12.3. The third-order valence-electron chi connectivity index (χ3n) is 2.47. The number of ether oxygens (including phenoxy) is 2. The van der Waals surface area contributed by atoms with E-state index in [2.05, 4.69) is 5.32 Å². The molecule has 0 spiro atoms. The van der Waals surface area contributed by atoms with E-state index >= 15 is 0 Å². The van der Waals surface area contributed by atoms with Crippen molar-refractivity contribution < 1.29 is 14.3 Å². The molecule has 0 radical (unpaired) electrons. The van der Waals surface area contributed by atoms with Gasteiger partial charge in [-0.05, 0) is 6.42 Å². The highest BCUT2D eigenvalue weighted by Gasteiger charge is 2.15. The van der Waals surface area contributed by atoms with Crippen LogP contribution in [0.5, 0.6) is 11.5 Å². The largest absolute Gasteiger partial charge is 0.486 e. The van der Waals surface area contributed by atoms with E-state index in [9.17, 15) is 4.79 Å². The topological polar surface area (TPSA) is 73.6 Å². The molecular weight excluding hydrogens is 220 g/mol. The van der Waals surface area contributed by atoms with Crippen molar-refractivity contribution in [1.82, 2.24) is 0 Å². The molecule has 1 amide bonds. The summed E-state index contributed by atoms with van der Waals surface area (Å²) >= 11 is 0. The molecule has 92 valence electrons. The van der Waals surface area contributed by atoms with Crippen LogP contribution in [-0.2, 0) is 4.79 Å². The average molecular weight is 236 g/mol. The fourth-order valence-electron chi connectivity index (χ4n) is 1.65. The van der Waals surface area contributed by atoms with Crippen molar-refractivity contribution >= 4 is 17.3 Å². The Morgan fingerprint density at radius 3 is 2.65 bits per heavy atom. The van der Waals surface area contributed by atoms with Gasteiger partial charge in [0.05, 0.1) is 11.4 Å². The lowest BCUT2D eigenvalue weighted by Gasteiger charge is -2.20. The van der Waals surface area contributed by atoms with E-state index in [1.54, 1.807) is 12.1 Å². The van der Waals surface area contributed by atoms with Gasteiger partial charge < -0.3 is 20.5 Å². The number of nitrogens with two attached hydrogens (primary N) is 1. The van der Waals surface area contributed by atoms with Crippen molar-refractivity contribution in [2.75, 3.05) is 24.3 Å². The lowest BCUT2D eigenvalue weighted by atomic mass is 10.2. The molecule has 0 bridgehead atoms. The van der Waals surface area contributed by atoms with Gasteiger partial charge in [-0.25, -0.2) is 0 Å². The van der Waals surface area contributed by atoms with Gasteiger partial charge in [0.25, 0.3) is 0 Å². The van der Waals surface area contributed by atoms with Gasteiger partial charge in [-0.1, -0.05) is 6.92 Å². The summed E-state index contributed by atoms with van der Waals surface area (Å²) in [5, 5.41) is 2.76. The summed E-state index contributed by atoms with van der Waals surface area (Å²) in [4.78, 5) is 11.5. The molecule has 3 N–H and O–H groups in total. The van der Waals surface area contributed by atoms with E-state index in [4.69, 9.17) is 15.2 Å². The standard InChI is InChI=1S/C12H16N2O3/c1-2-3-12(15)14-9-7-11-10(6-8(9)13)16-4-5-17-11/h6-7H,2-5,13H2,1H3,(H,14,15). The van der Waals surface area contributed by atoms with E-state index in [0.717, 1.165) is 6.42 Å². The summed E-state index contributed by atoms with van der Waals surface area (Å²) in [7, 11) is 0. The van der Waals surface area contributed by atoms with Gasteiger partial charge in [0.1, 0.15) is 13.2 Å². The molecule has 1 heterocycles. The number of hydrogen-bond acceptors (Lipinski definition) is 4. The summed E-state index contributed by atoms with van der Waals surface area (Å²) in [5.41, 5.74) is 6.90. The number of carbonyl (C=O) groups excluding carboxylic acids is 1. The molecule has 5 heteroatoms. The van der Waals surface area contributed by atoms with Gasteiger partial charge in [0.15, 0.2) is 11.5 Å². The summed E-state index contributed by atoms with van der Waals surface area (Å²) in [5.74, 6) is 1.20. The highest BCUT2D eigenvalue weighted by Crippen LogP contribution is 2.36. The second kappa shape index (κ2) is 4.95. The first kappa shape index (κ1) is 11.6. The zero-order valence-corrected chi connectivity index (χ0v) is 9.79. The van der Waals surface area contributed by atoms with Crippen molar-refractivity contribution in [3.05, 3.63) is 12.1 Å². The summed E-state index contributed by atoms with van der Waals surface area (Å²) < 4.78 is 10.8. The van der Waals surface area contributed by atoms with Crippen LogP contribution in [0.15, 0.2) is 12.1 Å². The van der Waals surface area contributed by atoms with Crippen LogP contribution >= 0.6 is 0 Å². The van der Waals surface area contributed by atoms with Crippen molar-refractivity contribution in [1.29, 1.82) is 0 Å². The van der Waals surface area contributed by atoms with Gasteiger partial charge in [0.2, 0.25) is 5.91 Å². The Morgan fingerprint density at radius 2 is 2.00 bits per heavy atom. The van der Waals surface area contributed by atoms with Crippen LogP contribution in [0.2, 0.25) is 0 Å². The fourth-order valence-corrected chi connectivity index (χ4v) is 1.65. The Balaban J connectivity index is 2.19. The lowest BCUT2D eigenvalue weighted by Crippen LogP contribution is -2.17. The van der Waals surface area contributed by atoms with Crippen LogP contribution in [0, 0.1) is 0 Å². The Labute approximate surface area is 99.9 Å². The fraction of sp³-hybridized carbons (Fsp3) is 0.417. The zero-order valence-electron chi connectivity index (χ0n) is 9.79. The van der Waals surface area contributed by atoms with Crippen LogP contribution in [0.4, 0.5) is 11.4 Å². The number of carbonyl (C=O) groups is 1. The van der Waals surface area contributed by atoms with Crippen LogP contribution in [0.1, 0.15) is 19.8 Å². The van der Waals surface area contributed by atoms with Crippen molar-refractivity contribution in [3.63, 3.8) is 0 Å². The minimum Gasteiger partial charge on any atom is -0.486 e. The van der Waals surface area contributed by atoms with Crippen LogP contribution in [-0.4, -0.2) is 19.1 Å². The monoisotopic (exact) mass is 236 g/mol. The molecule has 0 saturated heterocycles. The Bertz CT molecular complexity index is 432. The Kier molecular flexibility index (Phi) is 3.37. The normalized spacial score (nSPS) is 13.2. The predicted octanol–water partition coefficient (Wildman–Crippen LogP) is 1.78. The van der Waals surface area contributed by atoms with E-state index in [1.807, 2.05) is 6.92 Å². The number of nitrogens with one attached hydrogen (secondary N) is 1. The molecule has 1 aliphatic rings. The summed E-state index contributed by atoms with van der Waals surface area (Å²) in [6.07, 6.45) is 1.28. The molecule has 0 aliphatic carbocycles. The molecule has 1 aromatic carbocycles. The second-order valence-electron chi connectivity index (χ2n) is 3.88. The first-order chi connectivity index (χ1) is 8.20. The summed E-state index contributed by atoms with van der Waals surface area (Å²) in [6, 6.07) is 3.38. The minimum absolute atomic E-state index is 0.0455.